The molecule has 0 unspecified atom stereocenters. The molecule has 0 amide bonds. The minimum atomic E-state index is -0.469. The molecule has 1 aromatic carbocycles. The second-order valence-electron chi connectivity index (χ2n) is 3.61. The molecule has 19 heavy (non-hydrogen) atoms. The third-order valence-corrected chi connectivity index (χ3v) is 2.40. The second-order valence-corrected chi connectivity index (χ2v) is 4.00. The maximum atomic E-state index is 13.5. The Morgan fingerprint density at radius 2 is 2.05 bits per heavy atom. The van der Waals surface area contributed by atoms with Crippen molar-refractivity contribution in [1.82, 2.24) is 9.97 Å². The standard InChI is InChI=1S/C13H12ClFN2O2/c1-2-18-8-12-16-11(14)7-13(17-12)19-10-6-4-3-5-9(10)15/h3-7H,2,8H2,1H3. The summed E-state index contributed by atoms with van der Waals surface area (Å²) in [4.78, 5) is 8.09. The van der Waals surface area contributed by atoms with E-state index in [1.165, 1.54) is 18.2 Å². The summed E-state index contributed by atoms with van der Waals surface area (Å²) < 4.78 is 24.0. The Bertz CT molecular complexity index is 566. The Morgan fingerprint density at radius 1 is 1.26 bits per heavy atom. The monoisotopic (exact) mass is 282 g/mol. The van der Waals surface area contributed by atoms with Gasteiger partial charge in [-0.25, -0.2) is 9.37 Å². The van der Waals surface area contributed by atoms with Crippen LogP contribution in [0.5, 0.6) is 11.6 Å². The number of para-hydroxylation sites is 1. The molecule has 0 saturated heterocycles. The van der Waals surface area contributed by atoms with Gasteiger partial charge in [0.1, 0.15) is 11.8 Å². The highest BCUT2D eigenvalue weighted by molar-refractivity contribution is 6.29. The highest BCUT2D eigenvalue weighted by Gasteiger charge is 2.08. The topological polar surface area (TPSA) is 44.2 Å². The predicted molar refractivity (Wildman–Crippen MR) is 68.8 cm³/mol. The first-order valence-corrected chi connectivity index (χ1v) is 6.10. The molecule has 0 aliphatic heterocycles. The number of aromatic nitrogens is 2. The van der Waals surface area contributed by atoms with Crippen LogP contribution in [-0.2, 0) is 11.3 Å². The Hall–Kier alpha value is -1.72. The molecule has 0 bridgehead atoms. The molecule has 0 spiro atoms. The highest BCUT2D eigenvalue weighted by atomic mass is 35.5. The van der Waals surface area contributed by atoms with Gasteiger partial charge in [-0.2, -0.15) is 4.98 Å². The van der Waals surface area contributed by atoms with E-state index in [1.54, 1.807) is 12.1 Å². The molecule has 0 atom stereocenters. The predicted octanol–water partition coefficient (Wildman–Crippen LogP) is 3.60. The molecule has 1 aromatic heterocycles. The SMILES string of the molecule is CCOCc1nc(Cl)cc(Oc2ccccc2F)n1. The zero-order chi connectivity index (χ0) is 13.7. The Morgan fingerprint density at radius 3 is 2.79 bits per heavy atom. The molecule has 0 aliphatic rings. The maximum absolute atomic E-state index is 13.5. The van der Waals surface area contributed by atoms with Crippen LogP contribution in [0.1, 0.15) is 12.7 Å². The molecule has 0 aliphatic carbocycles. The van der Waals surface area contributed by atoms with Crippen molar-refractivity contribution in [2.45, 2.75) is 13.5 Å². The first-order chi connectivity index (χ1) is 9.19. The van der Waals surface area contributed by atoms with Gasteiger partial charge in [-0.3, -0.25) is 0 Å². The molecule has 0 radical (unpaired) electrons. The zero-order valence-electron chi connectivity index (χ0n) is 10.3. The van der Waals surface area contributed by atoms with Crippen molar-refractivity contribution in [2.75, 3.05) is 6.61 Å². The molecule has 0 N–H and O–H groups in total. The number of halogens is 2. The van der Waals surface area contributed by atoms with Gasteiger partial charge in [-0.1, -0.05) is 23.7 Å². The number of hydrogen-bond donors (Lipinski definition) is 0. The molecule has 4 nitrogen and oxygen atoms in total. The number of nitrogens with zero attached hydrogens (tertiary/aromatic N) is 2. The maximum Gasteiger partial charge on any atom is 0.224 e. The normalized spacial score (nSPS) is 10.5. The van der Waals surface area contributed by atoms with Crippen LogP contribution < -0.4 is 4.74 Å². The Kier molecular flexibility index (Phi) is 4.65. The largest absolute Gasteiger partial charge is 0.436 e. The summed E-state index contributed by atoms with van der Waals surface area (Å²) in [5.41, 5.74) is 0. The summed E-state index contributed by atoms with van der Waals surface area (Å²) in [5.74, 6) is 0.184. The summed E-state index contributed by atoms with van der Waals surface area (Å²) >= 11 is 5.85. The quantitative estimate of drug-likeness (QED) is 0.786. The first-order valence-electron chi connectivity index (χ1n) is 5.72. The van der Waals surface area contributed by atoms with E-state index >= 15 is 0 Å². The lowest BCUT2D eigenvalue weighted by Crippen LogP contribution is -2.01. The van der Waals surface area contributed by atoms with Crippen molar-refractivity contribution in [3.8, 4) is 11.6 Å². The van der Waals surface area contributed by atoms with Gasteiger partial charge in [0.2, 0.25) is 5.88 Å². The van der Waals surface area contributed by atoms with E-state index in [-0.39, 0.29) is 23.4 Å². The van der Waals surface area contributed by atoms with Gasteiger partial charge in [0.25, 0.3) is 0 Å². The minimum Gasteiger partial charge on any atom is -0.436 e. The zero-order valence-corrected chi connectivity index (χ0v) is 11.0. The average Bonchev–Trinajstić information content (AvgIpc) is 2.38. The third-order valence-electron chi connectivity index (χ3n) is 2.20. The van der Waals surface area contributed by atoms with Crippen LogP contribution in [0.3, 0.4) is 0 Å². The van der Waals surface area contributed by atoms with E-state index in [1.807, 2.05) is 6.92 Å². The Balaban J connectivity index is 2.20. The van der Waals surface area contributed by atoms with Gasteiger partial charge in [-0.05, 0) is 19.1 Å². The summed E-state index contributed by atoms with van der Waals surface area (Å²) in [7, 11) is 0. The fraction of sp³-hybridized carbons (Fsp3) is 0.231. The van der Waals surface area contributed by atoms with Crippen LogP contribution in [0.15, 0.2) is 30.3 Å². The highest BCUT2D eigenvalue weighted by Crippen LogP contribution is 2.24. The summed E-state index contributed by atoms with van der Waals surface area (Å²) in [6.45, 7) is 2.63. The van der Waals surface area contributed by atoms with Crippen molar-refractivity contribution in [3.63, 3.8) is 0 Å². The Labute approximate surface area is 115 Å². The van der Waals surface area contributed by atoms with Crippen LogP contribution in [0.25, 0.3) is 0 Å². The number of benzene rings is 1. The lowest BCUT2D eigenvalue weighted by molar-refractivity contribution is 0.127. The molecule has 2 aromatic rings. The van der Waals surface area contributed by atoms with Crippen LogP contribution in [0, 0.1) is 5.82 Å². The van der Waals surface area contributed by atoms with Crippen LogP contribution in [0.2, 0.25) is 5.15 Å². The summed E-state index contributed by atoms with van der Waals surface area (Å²) in [6, 6.07) is 7.48. The van der Waals surface area contributed by atoms with E-state index in [4.69, 9.17) is 21.1 Å². The summed E-state index contributed by atoms with van der Waals surface area (Å²) in [6.07, 6.45) is 0. The van der Waals surface area contributed by atoms with E-state index in [0.29, 0.717) is 12.4 Å². The molecular formula is C13H12ClFN2O2. The average molecular weight is 283 g/mol. The van der Waals surface area contributed by atoms with Gasteiger partial charge in [0.05, 0.1) is 0 Å². The lowest BCUT2D eigenvalue weighted by Gasteiger charge is -2.07. The number of ether oxygens (including phenoxy) is 2. The van der Waals surface area contributed by atoms with Crippen molar-refractivity contribution in [3.05, 3.63) is 47.1 Å². The summed E-state index contributed by atoms with van der Waals surface area (Å²) in [5, 5.41) is 0.219. The van der Waals surface area contributed by atoms with E-state index in [9.17, 15) is 4.39 Å². The van der Waals surface area contributed by atoms with Gasteiger partial charge < -0.3 is 9.47 Å². The van der Waals surface area contributed by atoms with Gasteiger partial charge >= 0.3 is 0 Å². The van der Waals surface area contributed by atoms with Crippen LogP contribution in [0.4, 0.5) is 4.39 Å². The molecule has 6 heteroatoms. The van der Waals surface area contributed by atoms with Crippen molar-refractivity contribution in [2.24, 2.45) is 0 Å². The lowest BCUT2D eigenvalue weighted by atomic mass is 10.3. The van der Waals surface area contributed by atoms with E-state index in [0.717, 1.165) is 0 Å². The van der Waals surface area contributed by atoms with Gasteiger partial charge in [-0.15, -0.1) is 0 Å². The van der Waals surface area contributed by atoms with Crippen LogP contribution in [-0.4, -0.2) is 16.6 Å². The van der Waals surface area contributed by atoms with E-state index < -0.39 is 5.82 Å². The molecular weight excluding hydrogens is 271 g/mol. The minimum absolute atomic E-state index is 0.0830. The third kappa shape index (κ3) is 3.87. The van der Waals surface area contributed by atoms with Gasteiger partial charge in [0, 0.05) is 12.7 Å². The fourth-order valence-corrected chi connectivity index (χ4v) is 1.58. The van der Waals surface area contributed by atoms with Crippen molar-refractivity contribution < 1.29 is 13.9 Å². The van der Waals surface area contributed by atoms with E-state index in [2.05, 4.69) is 9.97 Å². The van der Waals surface area contributed by atoms with Crippen LogP contribution >= 0.6 is 11.6 Å². The smallest absolute Gasteiger partial charge is 0.224 e. The second kappa shape index (κ2) is 6.45. The number of rotatable bonds is 5. The van der Waals surface area contributed by atoms with Crippen molar-refractivity contribution in [1.29, 1.82) is 0 Å². The fourth-order valence-electron chi connectivity index (χ4n) is 1.39. The molecule has 0 fully saturated rings. The van der Waals surface area contributed by atoms with Gasteiger partial charge in [0.15, 0.2) is 17.4 Å². The molecule has 2 rings (SSSR count). The first kappa shape index (κ1) is 13.7. The molecule has 1 heterocycles. The molecule has 0 saturated carbocycles. The van der Waals surface area contributed by atoms with Crippen molar-refractivity contribution >= 4 is 11.6 Å². The number of hydrogen-bond acceptors (Lipinski definition) is 4. The molecule has 100 valence electrons.